The van der Waals surface area contributed by atoms with Crippen LogP contribution in [0.4, 0.5) is 0 Å². The molecule has 226 valence electrons. The molecule has 7 nitrogen and oxygen atoms in total. The molecule has 1 aliphatic heterocycles. The summed E-state index contributed by atoms with van der Waals surface area (Å²) in [5, 5.41) is 9.89. The van der Waals surface area contributed by atoms with Gasteiger partial charge < -0.3 is 14.6 Å². The zero-order valence-corrected chi connectivity index (χ0v) is 25.5. The zero-order valence-electron chi connectivity index (χ0n) is 24.0. The monoisotopic (exact) mass is 629 g/mol. The second-order valence-electron chi connectivity index (χ2n) is 10.3. The maximum atomic E-state index is 14.2. The first kappa shape index (κ1) is 31.3. The van der Waals surface area contributed by atoms with Crippen molar-refractivity contribution in [3.63, 3.8) is 0 Å². The fraction of sp³-hybridized carbons (Fsp3) is 0.200. The summed E-state index contributed by atoms with van der Waals surface area (Å²) in [5.74, 6) is 0.577. The topological polar surface area (TPSA) is 92.2 Å². The number of carbonyl (C=O) groups excluding carboxylic acids is 1. The first-order valence-electron chi connectivity index (χ1n) is 14.3. The number of rotatable bonds is 13. The minimum absolute atomic E-state index is 0.0560. The number of hydrazine groups is 1. The summed E-state index contributed by atoms with van der Waals surface area (Å²) in [4.78, 5) is 19.2. The molecule has 5 rings (SSSR count). The number of hydrogen-bond donors (Lipinski definition) is 3. The summed E-state index contributed by atoms with van der Waals surface area (Å²) < 4.78 is 12.2. The minimum Gasteiger partial charge on any atom is -0.494 e. The van der Waals surface area contributed by atoms with Gasteiger partial charge in [-0.25, -0.2) is 10.4 Å². The number of nitrogens with zero attached hydrogens (tertiary/aromatic N) is 1. The molecule has 44 heavy (non-hydrogen) atoms. The molecule has 9 heteroatoms. The zero-order chi connectivity index (χ0) is 30.8. The molecule has 1 amide bonds. The summed E-state index contributed by atoms with van der Waals surface area (Å²) in [6, 6.07) is 32.0. The van der Waals surface area contributed by atoms with Crippen LogP contribution in [0.1, 0.15) is 41.2 Å². The van der Waals surface area contributed by atoms with E-state index in [2.05, 4.69) is 10.9 Å². The van der Waals surface area contributed by atoms with Crippen LogP contribution in [0, 0.1) is 0 Å². The molecule has 4 aromatic rings. The number of ether oxygens (including phenoxy) is 2. The Morgan fingerprint density at radius 2 is 1.70 bits per heavy atom. The number of halogens is 2. The van der Waals surface area contributed by atoms with Crippen LogP contribution in [0.15, 0.2) is 114 Å². The van der Waals surface area contributed by atoms with Crippen LogP contribution >= 0.6 is 23.2 Å². The van der Waals surface area contributed by atoms with Gasteiger partial charge >= 0.3 is 0 Å². The fourth-order valence-corrected chi connectivity index (χ4v) is 5.38. The molecule has 0 aromatic heterocycles. The summed E-state index contributed by atoms with van der Waals surface area (Å²) in [6.45, 7) is 0.877. The highest BCUT2D eigenvalue weighted by Gasteiger charge is 2.53. The molecule has 0 unspecified atom stereocenters. The highest BCUT2D eigenvalue weighted by molar-refractivity contribution is 6.35. The van der Waals surface area contributed by atoms with E-state index in [0.717, 1.165) is 11.1 Å². The van der Waals surface area contributed by atoms with Gasteiger partial charge in [0.15, 0.2) is 11.6 Å². The average Bonchev–Trinajstić information content (AvgIpc) is 3.43. The molecule has 4 aromatic carbocycles. The van der Waals surface area contributed by atoms with Crippen molar-refractivity contribution >= 4 is 41.1 Å². The lowest BCUT2D eigenvalue weighted by atomic mass is 9.84. The predicted octanol–water partition coefficient (Wildman–Crippen LogP) is 6.94. The third-order valence-corrected chi connectivity index (χ3v) is 7.71. The van der Waals surface area contributed by atoms with E-state index in [-0.39, 0.29) is 18.9 Å². The molecule has 0 saturated carbocycles. The van der Waals surface area contributed by atoms with Gasteiger partial charge in [-0.2, -0.15) is 0 Å². The van der Waals surface area contributed by atoms with Crippen molar-refractivity contribution in [1.29, 1.82) is 0 Å². The quantitative estimate of drug-likeness (QED) is 0.110. The van der Waals surface area contributed by atoms with Gasteiger partial charge in [0.1, 0.15) is 5.75 Å². The first-order valence-corrected chi connectivity index (χ1v) is 15.1. The number of hydrogen-bond acceptors (Lipinski definition) is 6. The summed E-state index contributed by atoms with van der Waals surface area (Å²) in [7, 11) is 0. The maximum absolute atomic E-state index is 14.2. The molecule has 2 atom stereocenters. The Morgan fingerprint density at radius 3 is 2.41 bits per heavy atom. The van der Waals surface area contributed by atoms with Gasteiger partial charge in [-0.3, -0.25) is 10.2 Å². The van der Waals surface area contributed by atoms with Crippen molar-refractivity contribution in [1.82, 2.24) is 10.9 Å². The highest BCUT2D eigenvalue weighted by atomic mass is 35.5. The van der Waals surface area contributed by atoms with E-state index in [1.54, 1.807) is 30.3 Å². The smallest absolute Gasteiger partial charge is 0.266 e. The molecular formula is C35H33Cl2N3O4. The van der Waals surface area contributed by atoms with E-state index < -0.39 is 11.6 Å². The SMILES string of the molecule is O=C(NNCc1ccccc1)[C@@]1(C/C=C/c2ccccc2)N=C(c2ccc(OCCCO)cc2)O[C@H]1c1ccc(Cl)cc1Cl. The van der Waals surface area contributed by atoms with Gasteiger partial charge in [0.25, 0.3) is 5.91 Å². The second-order valence-corrected chi connectivity index (χ2v) is 11.1. The van der Waals surface area contributed by atoms with Crippen LogP contribution in [0.25, 0.3) is 6.08 Å². The highest BCUT2D eigenvalue weighted by Crippen LogP contribution is 2.45. The molecule has 0 bridgehead atoms. The predicted molar refractivity (Wildman–Crippen MR) is 175 cm³/mol. The maximum Gasteiger partial charge on any atom is 0.266 e. The third-order valence-electron chi connectivity index (χ3n) is 7.15. The Bertz CT molecular complexity index is 1600. The second kappa shape index (κ2) is 15.0. The Balaban J connectivity index is 1.51. The van der Waals surface area contributed by atoms with Gasteiger partial charge in [0, 0.05) is 47.2 Å². The van der Waals surface area contributed by atoms with E-state index in [1.165, 1.54) is 0 Å². The van der Waals surface area contributed by atoms with E-state index in [9.17, 15) is 4.79 Å². The standard InChI is InChI=1S/C35H33Cl2N3O4/c36-28-16-19-30(31(37)23-28)32-35(20-7-13-25-9-3-1-4-10-25,34(42)40-38-24-26-11-5-2-6-12-26)39-33(44-32)27-14-17-29(18-15-27)43-22-8-21-41/h1-7,9-19,23,32,38,41H,8,20-22,24H2,(H,40,42)/b13-7+/t32-,35-/m0/s1. The Kier molecular flexibility index (Phi) is 10.7. The van der Waals surface area contributed by atoms with E-state index in [0.29, 0.717) is 52.4 Å². The van der Waals surface area contributed by atoms with Crippen LogP contribution in [0.5, 0.6) is 5.75 Å². The summed E-state index contributed by atoms with van der Waals surface area (Å²) in [5.41, 5.74) is 7.79. The first-order chi connectivity index (χ1) is 21.5. The van der Waals surface area contributed by atoms with Crippen LogP contribution in [-0.2, 0) is 16.1 Å². The molecule has 0 fully saturated rings. The lowest BCUT2D eigenvalue weighted by Crippen LogP contribution is -2.52. The third kappa shape index (κ3) is 7.68. The van der Waals surface area contributed by atoms with Crippen molar-refractivity contribution in [3.05, 3.63) is 142 Å². The number of carbonyl (C=O) groups is 1. The molecule has 0 spiro atoms. The molecular weight excluding hydrogens is 597 g/mol. The van der Waals surface area contributed by atoms with Crippen molar-refractivity contribution in [2.45, 2.75) is 31.0 Å². The lowest BCUT2D eigenvalue weighted by Gasteiger charge is -2.30. The largest absolute Gasteiger partial charge is 0.494 e. The average molecular weight is 631 g/mol. The lowest BCUT2D eigenvalue weighted by molar-refractivity contribution is -0.129. The van der Waals surface area contributed by atoms with Crippen LogP contribution in [-0.4, -0.2) is 35.7 Å². The molecule has 3 N–H and O–H groups in total. The van der Waals surface area contributed by atoms with Gasteiger partial charge in [-0.05, 0) is 47.5 Å². The van der Waals surface area contributed by atoms with Gasteiger partial charge in [0.2, 0.25) is 5.90 Å². The summed E-state index contributed by atoms with van der Waals surface area (Å²) in [6.07, 6.45) is 3.78. The van der Waals surface area contributed by atoms with Crippen molar-refractivity contribution < 1.29 is 19.4 Å². The van der Waals surface area contributed by atoms with Crippen molar-refractivity contribution in [2.75, 3.05) is 13.2 Å². The normalized spacial score (nSPS) is 17.7. The minimum atomic E-state index is -1.42. The van der Waals surface area contributed by atoms with Crippen LogP contribution < -0.4 is 15.6 Å². The number of amides is 1. The summed E-state index contributed by atoms with van der Waals surface area (Å²) >= 11 is 13.0. The number of aliphatic imine (C=N–C) groups is 1. The molecule has 0 aliphatic carbocycles. The fourth-order valence-electron chi connectivity index (χ4n) is 4.88. The van der Waals surface area contributed by atoms with E-state index in [1.807, 2.05) is 84.9 Å². The van der Waals surface area contributed by atoms with Gasteiger partial charge in [0.05, 0.1) is 6.61 Å². The molecule has 0 radical (unpaired) electrons. The van der Waals surface area contributed by atoms with Crippen molar-refractivity contribution in [3.8, 4) is 5.75 Å². The van der Waals surface area contributed by atoms with E-state index >= 15 is 0 Å². The Hall–Kier alpha value is -4.14. The molecule has 1 aliphatic rings. The molecule has 0 saturated heterocycles. The van der Waals surface area contributed by atoms with Gasteiger partial charge in [-0.1, -0.05) is 102 Å². The number of aliphatic hydroxyl groups excluding tert-OH is 1. The Morgan fingerprint density at radius 1 is 0.977 bits per heavy atom. The Labute approximate surface area is 267 Å². The number of benzene rings is 4. The van der Waals surface area contributed by atoms with Crippen LogP contribution in [0.2, 0.25) is 10.0 Å². The van der Waals surface area contributed by atoms with Crippen molar-refractivity contribution in [2.24, 2.45) is 4.99 Å². The van der Waals surface area contributed by atoms with Crippen LogP contribution in [0.3, 0.4) is 0 Å². The number of nitrogens with one attached hydrogen (secondary N) is 2. The number of aliphatic hydroxyl groups is 1. The van der Waals surface area contributed by atoms with E-state index in [4.69, 9.17) is 42.8 Å². The molecule has 1 heterocycles. The van der Waals surface area contributed by atoms with Gasteiger partial charge in [-0.15, -0.1) is 0 Å².